The number of nitrogens with zero attached hydrogens (tertiary/aromatic N) is 2. The first kappa shape index (κ1) is 10.8. The van der Waals surface area contributed by atoms with E-state index in [1.807, 2.05) is 17.9 Å². The predicted octanol–water partition coefficient (Wildman–Crippen LogP) is 2.63. The van der Waals surface area contributed by atoms with E-state index in [-0.39, 0.29) is 0 Å². The van der Waals surface area contributed by atoms with Gasteiger partial charge in [-0.3, -0.25) is 4.68 Å². The molecule has 1 aliphatic heterocycles. The maximum Gasteiger partial charge on any atom is 0.0682 e. The van der Waals surface area contributed by atoms with Crippen molar-refractivity contribution in [2.75, 3.05) is 6.54 Å². The van der Waals surface area contributed by atoms with E-state index in [2.05, 4.69) is 35.5 Å². The van der Waals surface area contributed by atoms with Crippen molar-refractivity contribution in [2.45, 2.75) is 25.8 Å². The number of hydrogen-bond acceptors (Lipinski definition) is 2. The summed E-state index contributed by atoms with van der Waals surface area (Å²) in [5.74, 6) is 0.812. The van der Waals surface area contributed by atoms with E-state index < -0.39 is 0 Å². The fourth-order valence-corrected chi connectivity index (χ4v) is 2.66. The number of nitrogens with one attached hydrogen (secondary N) is 1. The van der Waals surface area contributed by atoms with Crippen LogP contribution in [-0.2, 0) is 7.05 Å². The molecule has 1 aromatic heterocycles. The second kappa shape index (κ2) is 4.15. The Hall–Kier alpha value is -1.35. The Balaban J connectivity index is 1.92. The standard InChI is InChI=1S/C14H19N3/c1-10-3-6-13(15-8-10)11-4-5-12-9-16-17(2)14(12)7-11/h4-5,7,9-10,13,15H,3,6,8H2,1-2H3. The number of hydrogen-bond donors (Lipinski definition) is 1. The fourth-order valence-electron chi connectivity index (χ4n) is 2.66. The third kappa shape index (κ3) is 1.95. The Morgan fingerprint density at radius 2 is 2.24 bits per heavy atom. The molecule has 90 valence electrons. The van der Waals surface area contributed by atoms with Gasteiger partial charge in [0.05, 0.1) is 11.7 Å². The maximum absolute atomic E-state index is 4.29. The minimum atomic E-state index is 0.519. The molecule has 2 atom stereocenters. The highest BCUT2D eigenvalue weighted by molar-refractivity contribution is 5.79. The van der Waals surface area contributed by atoms with E-state index in [0.29, 0.717) is 6.04 Å². The molecule has 1 N–H and O–H groups in total. The fraction of sp³-hybridized carbons (Fsp3) is 0.500. The molecular weight excluding hydrogens is 210 g/mol. The van der Waals surface area contributed by atoms with Gasteiger partial charge in [-0.05, 0) is 36.9 Å². The van der Waals surface area contributed by atoms with Crippen LogP contribution in [0, 0.1) is 5.92 Å². The van der Waals surface area contributed by atoms with Gasteiger partial charge >= 0.3 is 0 Å². The predicted molar refractivity (Wildman–Crippen MR) is 69.9 cm³/mol. The van der Waals surface area contributed by atoms with Gasteiger partial charge in [-0.2, -0.15) is 5.10 Å². The first-order chi connectivity index (χ1) is 8.24. The van der Waals surface area contributed by atoms with Crippen LogP contribution >= 0.6 is 0 Å². The van der Waals surface area contributed by atoms with Gasteiger partial charge in [0.2, 0.25) is 0 Å². The summed E-state index contributed by atoms with van der Waals surface area (Å²) in [6.45, 7) is 3.45. The van der Waals surface area contributed by atoms with Crippen LogP contribution in [0.4, 0.5) is 0 Å². The van der Waals surface area contributed by atoms with Gasteiger partial charge in [0.15, 0.2) is 0 Å². The van der Waals surface area contributed by atoms with Crippen LogP contribution in [0.15, 0.2) is 24.4 Å². The number of piperidine rings is 1. The normalized spacial score (nSPS) is 25.3. The minimum Gasteiger partial charge on any atom is -0.310 e. The number of benzene rings is 1. The Morgan fingerprint density at radius 1 is 1.35 bits per heavy atom. The Kier molecular flexibility index (Phi) is 2.63. The Labute approximate surface area is 102 Å². The van der Waals surface area contributed by atoms with E-state index >= 15 is 0 Å². The van der Waals surface area contributed by atoms with E-state index in [9.17, 15) is 0 Å². The summed E-state index contributed by atoms with van der Waals surface area (Å²) in [6.07, 6.45) is 4.49. The molecule has 2 heterocycles. The molecule has 0 aliphatic carbocycles. The van der Waals surface area contributed by atoms with Gasteiger partial charge in [-0.25, -0.2) is 0 Å². The summed E-state index contributed by atoms with van der Waals surface area (Å²) < 4.78 is 1.95. The quantitative estimate of drug-likeness (QED) is 0.814. The third-order valence-corrected chi connectivity index (χ3v) is 3.84. The topological polar surface area (TPSA) is 29.9 Å². The summed E-state index contributed by atoms with van der Waals surface area (Å²) in [5, 5.41) is 9.14. The molecule has 0 amide bonds. The van der Waals surface area contributed by atoms with Crippen LogP contribution in [0.25, 0.3) is 10.9 Å². The van der Waals surface area contributed by atoms with Gasteiger partial charge in [-0.15, -0.1) is 0 Å². The summed E-state index contributed by atoms with van der Waals surface area (Å²) in [7, 11) is 2.00. The number of aromatic nitrogens is 2. The molecule has 0 spiro atoms. The minimum absolute atomic E-state index is 0.519. The molecule has 3 nitrogen and oxygen atoms in total. The first-order valence-corrected chi connectivity index (χ1v) is 6.39. The monoisotopic (exact) mass is 229 g/mol. The molecule has 0 radical (unpaired) electrons. The molecule has 3 rings (SSSR count). The smallest absolute Gasteiger partial charge is 0.0682 e. The van der Waals surface area contributed by atoms with Crippen molar-refractivity contribution >= 4 is 10.9 Å². The van der Waals surface area contributed by atoms with Crippen LogP contribution in [0.5, 0.6) is 0 Å². The molecule has 3 heteroatoms. The van der Waals surface area contributed by atoms with Gasteiger partial charge in [0, 0.05) is 18.5 Å². The van der Waals surface area contributed by atoms with Crippen LogP contribution in [-0.4, -0.2) is 16.3 Å². The van der Waals surface area contributed by atoms with Crippen molar-refractivity contribution in [2.24, 2.45) is 13.0 Å². The van der Waals surface area contributed by atoms with E-state index in [0.717, 1.165) is 12.5 Å². The maximum atomic E-state index is 4.29. The number of rotatable bonds is 1. The van der Waals surface area contributed by atoms with E-state index in [1.165, 1.54) is 29.3 Å². The lowest BCUT2D eigenvalue weighted by atomic mass is 9.92. The zero-order valence-electron chi connectivity index (χ0n) is 10.5. The first-order valence-electron chi connectivity index (χ1n) is 6.39. The van der Waals surface area contributed by atoms with Crippen molar-refractivity contribution in [3.63, 3.8) is 0 Å². The highest BCUT2D eigenvalue weighted by Crippen LogP contribution is 2.27. The molecular formula is C14H19N3. The molecule has 2 aromatic rings. The average Bonchev–Trinajstić information content (AvgIpc) is 2.72. The molecule has 1 saturated heterocycles. The van der Waals surface area contributed by atoms with Crippen molar-refractivity contribution in [3.05, 3.63) is 30.0 Å². The summed E-state index contributed by atoms with van der Waals surface area (Å²) >= 11 is 0. The highest BCUT2D eigenvalue weighted by Gasteiger charge is 2.19. The van der Waals surface area contributed by atoms with Gasteiger partial charge < -0.3 is 5.32 Å². The van der Waals surface area contributed by atoms with Crippen LogP contribution in [0.2, 0.25) is 0 Å². The molecule has 17 heavy (non-hydrogen) atoms. The van der Waals surface area contributed by atoms with Crippen LogP contribution < -0.4 is 5.32 Å². The lowest BCUT2D eigenvalue weighted by molar-refractivity contribution is 0.333. The Bertz CT molecular complexity index is 521. The van der Waals surface area contributed by atoms with Crippen molar-refractivity contribution < 1.29 is 0 Å². The molecule has 1 aliphatic rings. The van der Waals surface area contributed by atoms with Gasteiger partial charge in [0.25, 0.3) is 0 Å². The van der Waals surface area contributed by atoms with Gasteiger partial charge in [-0.1, -0.05) is 19.1 Å². The summed E-state index contributed by atoms with van der Waals surface area (Å²) in [5.41, 5.74) is 2.62. The number of fused-ring (bicyclic) bond motifs is 1. The largest absolute Gasteiger partial charge is 0.310 e. The molecule has 2 unspecified atom stereocenters. The molecule has 0 bridgehead atoms. The van der Waals surface area contributed by atoms with Crippen molar-refractivity contribution in [1.29, 1.82) is 0 Å². The average molecular weight is 229 g/mol. The molecule has 1 aromatic carbocycles. The third-order valence-electron chi connectivity index (χ3n) is 3.84. The van der Waals surface area contributed by atoms with Crippen LogP contribution in [0.3, 0.4) is 0 Å². The van der Waals surface area contributed by atoms with E-state index in [4.69, 9.17) is 0 Å². The van der Waals surface area contributed by atoms with Crippen LogP contribution in [0.1, 0.15) is 31.4 Å². The second-order valence-electron chi connectivity index (χ2n) is 5.23. The van der Waals surface area contributed by atoms with E-state index in [1.54, 1.807) is 0 Å². The summed E-state index contributed by atoms with van der Waals surface area (Å²) in [4.78, 5) is 0. The zero-order valence-corrected chi connectivity index (χ0v) is 10.5. The van der Waals surface area contributed by atoms with Crippen molar-refractivity contribution in [1.82, 2.24) is 15.1 Å². The zero-order chi connectivity index (χ0) is 11.8. The second-order valence-corrected chi connectivity index (χ2v) is 5.23. The number of aryl methyl sites for hydroxylation is 1. The lowest BCUT2D eigenvalue weighted by Crippen LogP contribution is -2.31. The SMILES string of the molecule is CC1CCC(c2ccc3cnn(C)c3c2)NC1. The lowest BCUT2D eigenvalue weighted by Gasteiger charge is -2.28. The molecule has 0 saturated carbocycles. The highest BCUT2D eigenvalue weighted by atomic mass is 15.2. The Morgan fingerprint density at radius 3 is 3.00 bits per heavy atom. The summed E-state index contributed by atoms with van der Waals surface area (Å²) in [6, 6.07) is 7.20. The molecule has 1 fully saturated rings. The van der Waals surface area contributed by atoms with Crippen molar-refractivity contribution in [3.8, 4) is 0 Å². The van der Waals surface area contributed by atoms with Gasteiger partial charge in [0.1, 0.15) is 0 Å².